The third kappa shape index (κ3) is 5.03. The lowest BCUT2D eigenvalue weighted by Crippen LogP contribution is -2.26. The molecule has 1 amide bonds. The maximum atomic E-state index is 11.5. The van der Waals surface area contributed by atoms with Crippen LogP contribution in [0.1, 0.15) is 36.9 Å². The second-order valence-electron chi connectivity index (χ2n) is 5.12. The number of rotatable bonds is 8. The van der Waals surface area contributed by atoms with Gasteiger partial charge >= 0.3 is 0 Å². The van der Waals surface area contributed by atoms with Crippen LogP contribution in [-0.4, -0.2) is 34.5 Å². The van der Waals surface area contributed by atoms with Crippen molar-refractivity contribution in [3.05, 3.63) is 29.6 Å². The van der Waals surface area contributed by atoms with Gasteiger partial charge in [-0.2, -0.15) is 0 Å². The largest absolute Gasteiger partial charge is 0.409 e. The van der Waals surface area contributed by atoms with Gasteiger partial charge in [-0.15, -0.1) is 0 Å². The normalized spacial score (nSPS) is 15.0. The highest BCUT2D eigenvalue weighted by atomic mass is 16.4. The van der Waals surface area contributed by atoms with E-state index in [1.54, 1.807) is 12.3 Å². The molecule has 1 aromatic rings. The van der Waals surface area contributed by atoms with Gasteiger partial charge in [-0.1, -0.05) is 11.2 Å². The Labute approximate surface area is 123 Å². The van der Waals surface area contributed by atoms with Crippen molar-refractivity contribution in [1.82, 2.24) is 15.6 Å². The van der Waals surface area contributed by atoms with Gasteiger partial charge in [0.2, 0.25) is 5.91 Å². The molecule has 0 aromatic carbocycles. The maximum Gasteiger partial charge on any atom is 0.220 e. The Morgan fingerprint density at radius 2 is 2.33 bits per heavy atom. The molecule has 1 fully saturated rings. The molecule has 1 aromatic heterocycles. The zero-order valence-electron chi connectivity index (χ0n) is 11.9. The Morgan fingerprint density at radius 1 is 1.52 bits per heavy atom. The molecule has 7 heteroatoms. The maximum absolute atomic E-state index is 11.5. The van der Waals surface area contributed by atoms with Gasteiger partial charge in [0.05, 0.1) is 0 Å². The summed E-state index contributed by atoms with van der Waals surface area (Å²) >= 11 is 0. The van der Waals surface area contributed by atoms with Crippen LogP contribution in [-0.2, 0) is 11.3 Å². The lowest BCUT2D eigenvalue weighted by atomic mass is 10.1. The molecule has 1 aliphatic carbocycles. The Kier molecular flexibility index (Phi) is 5.51. The van der Waals surface area contributed by atoms with Gasteiger partial charge < -0.3 is 21.6 Å². The van der Waals surface area contributed by atoms with E-state index >= 15 is 0 Å². The van der Waals surface area contributed by atoms with Crippen LogP contribution in [0.4, 0.5) is 0 Å². The van der Waals surface area contributed by atoms with E-state index in [2.05, 4.69) is 20.8 Å². The van der Waals surface area contributed by atoms with E-state index in [4.69, 9.17) is 10.9 Å². The van der Waals surface area contributed by atoms with Crippen LogP contribution in [0.15, 0.2) is 23.5 Å². The summed E-state index contributed by atoms with van der Waals surface area (Å²) in [7, 11) is 0. The average Bonchev–Trinajstić information content (AvgIpc) is 3.30. The van der Waals surface area contributed by atoms with Gasteiger partial charge in [0.15, 0.2) is 5.84 Å². The number of nitrogens with one attached hydrogen (secondary N) is 2. The number of amides is 1. The van der Waals surface area contributed by atoms with E-state index in [-0.39, 0.29) is 11.7 Å². The molecule has 0 atom stereocenters. The summed E-state index contributed by atoms with van der Waals surface area (Å²) in [6, 6.07) is 4.09. The molecular weight excluding hydrogens is 270 g/mol. The first-order chi connectivity index (χ1) is 10.2. The van der Waals surface area contributed by atoms with Crippen LogP contribution in [0.5, 0.6) is 0 Å². The van der Waals surface area contributed by atoms with Crippen molar-refractivity contribution >= 4 is 11.7 Å². The molecule has 7 nitrogen and oxygen atoms in total. The first-order valence-electron chi connectivity index (χ1n) is 7.12. The van der Waals surface area contributed by atoms with Gasteiger partial charge in [-0.3, -0.25) is 9.78 Å². The highest BCUT2D eigenvalue weighted by molar-refractivity contribution is 5.96. The lowest BCUT2D eigenvalue weighted by Gasteiger charge is -2.08. The number of amidine groups is 1. The molecule has 21 heavy (non-hydrogen) atoms. The minimum atomic E-state index is -0.00351. The fraction of sp³-hybridized carbons (Fsp3) is 0.500. The summed E-state index contributed by atoms with van der Waals surface area (Å²) in [4.78, 5) is 15.6. The molecule has 1 heterocycles. The van der Waals surface area contributed by atoms with Crippen molar-refractivity contribution in [2.75, 3.05) is 6.54 Å². The van der Waals surface area contributed by atoms with E-state index in [1.165, 1.54) is 0 Å². The number of carbonyl (C=O) groups excluding carboxylic acids is 1. The van der Waals surface area contributed by atoms with Crippen molar-refractivity contribution in [2.24, 2.45) is 10.9 Å². The van der Waals surface area contributed by atoms with Crippen molar-refractivity contribution in [1.29, 1.82) is 0 Å². The van der Waals surface area contributed by atoms with Gasteiger partial charge in [-0.05, 0) is 37.4 Å². The van der Waals surface area contributed by atoms with Crippen LogP contribution >= 0.6 is 0 Å². The zero-order valence-corrected chi connectivity index (χ0v) is 11.9. The SMILES string of the molecule is NC(=NO)c1ncccc1CNCCCC(=O)NC1CC1. The fourth-order valence-corrected chi connectivity index (χ4v) is 1.98. The number of hydrogen-bond acceptors (Lipinski definition) is 5. The van der Waals surface area contributed by atoms with E-state index < -0.39 is 0 Å². The zero-order chi connectivity index (χ0) is 15.1. The van der Waals surface area contributed by atoms with E-state index in [0.717, 1.165) is 31.4 Å². The molecule has 0 spiro atoms. The fourth-order valence-electron chi connectivity index (χ4n) is 1.98. The molecule has 1 saturated carbocycles. The van der Waals surface area contributed by atoms with Crippen LogP contribution < -0.4 is 16.4 Å². The summed E-state index contributed by atoms with van der Waals surface area (Å²) < 4.78 is 0. The van der Waals surface area contributed by atoms with Gasteiger partial charge in [-0.25, -0.2) is 0 Å². The minimum absolute atomic E-state index is 0.00351. The predicted molar refractivity (Wildman–Crippen MR) is 78.9 cm³/mol. The van der Waals surface area contributed by atoms with Crippen LogP contribution in [0.2, 0.25) is 0 Å². The van der Waals surface area contributed by atoms with E-state index in [9.17, 15) is 4.79 Å². The lowest BCUT2D eigenvalue weighted by molar-refractivity contribution is -0.121. The molecule has 1 aliphatic rings. The summed E-state index contributed by atoms with van der Waals surface area (Å²) in [5.41, 5.74) is 6.90. The summed E-state index contributed by atoms with van der Waals surface area (Å²) in [5, 5.41) is 17.9. The van der Waals surface area contributed by atoms with Crippen LogP contribution in [0, 0.1) is 0 Å². The smallest absolute Gasteiger partial charge is 0.220 e. The van der Waals surface area contributed by atoms with Crippen molar-refractivity contribution in [3.63, 3.8) is 0 Å². The number of carbonyl (C=O) groups is 1. The highest BCUT2D eigenvalue weighted by Gasteiger charge is 2.22. The van der Waals surface area contributed by atoms with Crippen molar-refractivity contribution in [2.45, 2.75) is 38.3 Å². The second-order valence-corrected chi connectivity index (χ2v) is 5.12. The van der Waals surface area contributed by atoms with E-state index in [1.807, 2.05) is 6.07 Å². The molecule has 5 N–H and O–H groups in total. The average molecular weight is 291 g/mol. The van der Waals surface area contributed by atoms with Gasteiger partial charge in [0.1, 0.15) is 5.69 Å². The first-order valence-corrected chi connectivity index (χ1v) is 7.12. The first kappa shape index (κ1) is 15.2. The van der Waals surface area contributed by atoms with Crippen molar-refractivity contribution in [3.8, 4) is 0 Å². The standard InChI is InChI=1S/C14H21N5O2/c15-14(19-21)13-10(3-1-8-17-13)9-16-7-2-4-12(20)18-11-5-6-11/h1,3,8,11,16,21H,2,4-7,9H2,(H2,15,19)(H,18,20). The topological polar surface area (TPSA) is 113 Å². The molecule has 0 radical (unpaired) electrons. The quantitative estimate of drug-likeness (QED) is 0.181. The monoisotopic (exact) mass is 291 g/mol. The third-order valence-corrected chi connectivity index (χ3v) is 3.26. The highest BCUT2D eigenvalue weighted by Crippen LogP contribution is 2.18. The summed E-state index contributed by atoms with van der Waals surface area (Å²) in [5.74, 6) is 0.120. The van der Waals surface area contributed by atoms with Crippen LogP contribution in [0.25, 0.3) is 0 Å². The van der Waals surface area contributed by atoms with Gasteiger partial charge in [0, 0.05) is 25.2 Å². The minimum Gasteiger partial charge on any atom is -0.409 e. The molecular formula is C14H21N5O2. The Morgan fingerprint density at radius 3 is 3.05 bits per heavy atom. The Hall–Kier alpha value is -2.15. The molecule has 0 unspecified atom stereocenters. The summed E-state index contributed by atoms with van der Waals surface area (Å²) in [6.07, 6.45) is 5.13. The Bertz CT molecular complexity index is 514. The number of pyridine rings is 1. The number of nitrogens with two attached hydrogens (primary N) is 1. The molecule has 0 bridgehead atoms. The van der Waals surface area contributed by atoms with Crippen molar-refractivity contribution < 1.29 is 10.0 Å². The number of oxime groups is 1. The predicted octanol–water partition coefficient (Wildman–Crippen LogP) is 0.324. The molecule has 2 rings (SSSR count). The number of aromatic nitrogens is 1. The van der Waals surface area contributed by atoms with Gasteiger partial charge in [0.25, 0.3) is 0 Å². The van der Waals surface area contributed by atoms with Crippen LogP contribution in [0.3, 0.4) is 0 Å². The second kappa shape index (κ2) is 7.58. The third-order valence-electron chi connectivity index (χ3n) is 3.26. The number of hydrogen-bond donors (Lipinski definition) is 4. The number of nitrogens with zero attached hydrogens (tertiary/aromatic N) is 2. The van der Waals surface area contributed by atoms with E-state index in [0.29, 0.717) is 24.7 Å². The molecule has 0 aliphatic heterocycles. The Balaban J connectivity index is 1.69. The summed E-state index contributed by atoms with van der Waals surface area (Å²) in [6.45, 7) is 1.28. The molecule has 0 saturated heterocycles. The molecule has 114 valence electrons.